The molecule has 4 nitrogen and oxygen atoms in total. The van der Waals surface area contributed by atoms with Gasteiger partial charge in [0.05, 0.1) is 5.69 Å². The van der Waals surface area contributed by atoms with E-state index in [9.17, 15) is 4.79 Å². The van der Waals surface area contributed by atoms with Gasteiger partial charge in [0.1, 0.15) is 0 Å². The fraction of sp³-hybridized carbons (Fsp3) is 0.500. The number of H-pyrrole nitrogens is 1. The molecule has 5 rings (SSSR count). The lowest BCUT2D eigenvalue weighted by Gasteiger charge is -2.37. The van der Waals surface area contributed by atoms with Gasteiger partial charge in [-0.05, 0) is 80.8 Å². The Bertz CT molecular complexity index is 1130. The molecular weight excluding hydrogens is 394 g/mol. The molecule has 2 aliphatic rings. The molecule has 0 bridgehead atoms. The normalized spacial score (nSPS) is 19.5. The van der Waals surface area contributed by atoms with Gasteiger partial charge in [-0.3, -0.25) is 9.78 Å². The number of nitrogens with zero attached hydrogens (tertiary/aromatic N) is 2. The van der Waals surface area contributed by atoms with Crippen LogP contribution in [0.2, 0.25) is 0 Å². The highest BCUT2D eigenvalue weighted by molar-refractivity contribution is 5.92. The van der Waals surface area contributed by atoms with Crippen molar-refractivity contribution in [3.05, 3.63) is 52.8 Å². The molecule has 1 N–H and O–H groups in total. The summed E-state index contributed by atoms with van der Waals surface area (Å²) in [6.07, 6.45) is 5.66. The Morgan fingerprint density at radius 1 is 1.06 bits per heavy atom. The van der Waals surface area contributed by atoms with Crippen LogP contribution in [0.15, 0.2) is 30.3 Å². The second-order valence-corrected chi connectivity index (χ2v) is 10.3. The van der Waals surface area contributed by atoms with Crippen molar-refractivity contribution in [2.24, 2.45) is 5.92 Å². The van der Waals surface area contributed by atoms with Crippen molar-refractivity contribution in [3.8, 4) is 11.3 Å². The predicted molar refractivity (Wildman–Crippen MR) is 131 cm³/mol. The van der Waals surface area contributed by atoms with Gasteiger partial charge in [0.25, 0.3) is 0 Å². The van der Waals surface area contributed by atoms with Crippen molar-refractivity contribution in [1.82, 2.24) is 14.9 Å². The minimum atomic E-state index is 0.295. The number of aryl methyl sites for hydroxylation is 2. The van der Waals surface area contributed by atoms with E-state index in [2.05, 4.69) is 72.9 Å². The number of amides is 1. The van der Waals surface area contributed by atoms with E-state index in [1.165, 1.54) is 39.7 Å². The van der Waals surface area contributed by atoms with Crippen LogP contribution in [0.25, 0.3) is 22.2 Å². The highest BCUT2D eigenvalue weighted by Crippen LogP contribution is 2.39. The largest absolute Gasteiger partial charge is 0.354 e. The van der Waals surface area contributed by atoms with E-state index in [1.807, 2.05) is 0 Å². The first-order chi connectivity index (χ1) is 15.4. The third-order valence-electron chi connectivity index (χ3n) is 7.47. The van der Waals surface area contributed by atoms with E-state index in [-0.39, 0.29) is 0 Å². The van der Waals surface area contributed by atoms with Gasteiger partial charge in [-0.15, -0.1) is 0 Å². The number of hydrogen-bond donors (Lipinski definition) is 1. The van der Waals surface area contributed by atoms with Gasteiger partial charge >= 0.3 is 0 Å². The maximum absolute atomic E-state index is 12.8. The molecule has 2 fully saturated rings. The van der Waals surface area contributed by atoms with Crippen LogP contribution in [-0.4, -0.2) is 33.9 Å². The topological polar surface area (TPSA) is 49.0 Å². The van der Waals surface area contributed by atoms with Gasteiger partial charge in [0.15, 0.2) is 0 Å². The van der Waals surface area contributed by atoms with Crippen molar-refractivity contribution in [2.75, 3.05) is 13.1 Å². The van der Waals surface area contributed by atoms with E-state index in [4.69, 9.17) is 0 Å². The van der Waals surface area contributed by atoms with Gasteiger partial charge in [0, 0.05) is 52.8 Å². The summed E-state index contributed by atoms with van der Waals surface area (Å²) in [5.74, 6) is 1.53. The van der Waals surface area contributed by atoms with Crippen LogP contribution in [0.1, 0.15) is 80.3 Å². The van der Waals surface area contributed by atoms with Crippen molar-refractivity contribution in [3.63, 3.8) is 0 Å². The van der Waals surface area contributed by atoms with E-state index >= 15 is 0 Å². The zero-order chi connectivity index (χ0) is 22.4. The first kappa shape index (κ1) is 21.2. The molecule has 3 aromatic rings. The number of hydrogen-bond acceptors (Lipinski definition) is 2. The summed E-state index contributed by atoms with van der Waals surface area (Å²) in [4.78, 5) is 23.3. The molecule has 1 aliphatic carbocycles. The number of nitrogens with one attached hydrogen (secondary N) is 1. The van der Waals surface area contributed by atoms with Crippen LogP contribution < -0.4 is 0 Å². The smallest absolute Gasteiger partial charge is 0.225 e. The Kier molecular flexibility index (Phi) is 5.56. The maximum Gasteiger partial charge on any atom is 0.225 e. The lowest BCUT2D eigenvalue weighted by atomic mass is 9.82. The number of rotatable bonds is 4. The molecule has 1 unspecified atom stereocenters. The second kappa shape index (κ2) is 8.38. The van der Waals surface area contributed by atoms with Gasteiger partial charge < -0.3 is 9.88 Å². The average Bonchev–Trinajstić information content (AvgIpc) is 3.11. The Hall–Kier alpha value is -2.62. The summed E-state index contributed by atoms with van der Waals surface area (Å²) in [6.45, 7) is 10.5. The van der Waals surface area contributed by atoms with Gasteiger partial charge in [-0.1, -0.05) is 26.3 Å². The number of aromatic nitrogens is 2. The molecule has 4 heteroatoms. The minimum Gasteiger partial charge on any atom is -0.354 e. The van der Waals surface area contributed by atoms with E-state index in [0.717, 1.165) is 50.2 Å². The highest BCUT2D eigenvalue weighted by atomic mass is 16.2. The quantitative estimate of drug-likeness (QED) is 0.516. The third-order valence-corrected chi connectivity index (χ3v) is 7.47. The van der Waals surface area contributed by atoms with Crippen molar-refractivity contribution in [2.45, 2.75) is 71.6 Å². The molecule has 1 aliphatic heterocycles. The summed E-state index contributed by atoms with van der Waals surface area (Å²) in [6, 6.07) is 11.3. The molecule has 1 atom stereocenters. The molecule has 1 saturated carbocycles. The van der Waals surface area contributed by atoms with Gasteiger partial charge in [-0.25, -0.2) is 0 Å². The summed E-state index contributed by atoms with van der Waals surface area (Å²) in [7, 11) is 0. The van der Waals surface area contributed by atoms with Crippen LogP contribution in [-0.2, 0) is 4.79 Å². The third kappa shape index (κ3) is 3.85. The number of fused-ring (bicyclic) bond motifs is 1. The number of aromatic amines is 1. The standard InChI is InChI=1S/C28H35N3O/c1-17(2)26-24-15-21(22-9-6-12-31(16-22)28(32)20-7-5-8-20)10-11-25(24)30-27(26)23-13-18(3)29-19(4)14-23/h10-11,13-15,17,20,22,30H,5-9,12,16H2,1-4H3. The number of piperidine rings is 1. The van der Waals surface area contributed by atoms with Crippen molar-refractivity contribution >= 4 is 16.8 Å². The number of benzene rings is 1. The van der Waals surface area contributed by atoms with Crippen LogP contribution in [0.5, 0.6) is 0 Å². The molecule has 0 radical (unpaired) electrons. The van der Waals surface area contributed by atoms with Gasteiger partial charge in [-0.2, -0.15) is 0 Å². The van der Waals surface area contributed by atoms with Crippen LogP contribution in [0.3, 0.4) is 0 Å². The Balaban J connectivity index is 1.50. The first-order valence-corrected chi connectivity index (χ1v) is 12.3. The van der Waals surface area contributed by atoms with Crippen LogP contribution >= 0.6 is 0 Å². The fourth-order valence-corrected chi connectivity index (χ4v) is 5.65. The Morgan fingerprint density at radius 3 is 2.47 bits per heavy atom. The maximum atomic E-state index is 12.8. The number of likely N-dealkylation sites (tertiary alicyclic amines) is 1. The molecular formula is C28H35N3O. The minimum absolute atomic E-state index is 0.295. The molecule has 3 heterocycles. The molecule has 1 amide bonds. The average molecular weight is 430 g/mol. The van der Waals surface area contributed by atoms with E-state index < -0.39 is 0 Å². The SMILES string of the molecule is Cc1cc(-c2[nH]c3ccc(C4CCCN(C(=O)C5CCC5)C4)cc3c2C(C)C)cc(C)n1. The number of carbonyl (C=O) groups excluding carboxylic acids is 1. The van der Waals surface area contributed by atoms with Gasteiger partial charge in [0.2, 0.25) is 5.91 Å². The number of carbonyl (C=O) groups is 1. The van der Waals surface area contributed by atoms with E-state index in [1.54, 1.807) is 0 Å². The van der Waals surface area contributed by atoms with E-state index in [0.29, 0.717) is 23.7 Å². The fourth-order valence-electron chi connectivity index (χ4n) is 5.65. The lowest BCUT2D eigenvalue weighted by molar-refractivity contribution is -0.139. The Labute approximate surface area is 191 Å². The Morgan fingerprint density at radius 2 is 1.81 bits per heavy atom. The van der Waals surface area contributed by atoms with Crippen molar-refractivity contribution in [1.29, 1.82) is 0 Å². The molecule has 1 aromatic carbocycles. The van der Waals surface area contributed by atoms with Crippen LogP contribution in [0, 0.1) is 19.8 Å². The van der Waals surface area contributed by atoms with Crippen molar-refractivity contribution < 1.29 is 4.79 Å². The molecule has 32 heavy (non-hydrogen) atoms. The molecule has 168 valence electrons. The second-order valence-electron chi connectivity index (χ2n) is 10.3. The molecule has 1 saturated heterocycles. The number of pyridine rings is 1. The summed E-state index contributed by atoms with van der Waals surface area (Å²) >= 11 is 0. The highest BCUT2D eigenvalue weighted by Gasteiger charge is 2.32. The summed E-state index contributed by atoms with van der Waals surface area (Å²) < 4.78 is 0. The zero-order valence-electron chi connectivity index (χ0n) is 19.9. The zero-order valence-corrected chi connectivity index (χ0v) is 19.9. The molecule has 2 aromatic heterocycles. The lowest BCUT2D eigenvalue weighted by Crippen LogP contribution is -2.44. The first-order valence-electron chi connectivity index (χ1n) is 12.3. The molecule has 0 spiro atoms. The predicted octanol–water partition coefficient (Wildman–Crippen LogP) is 6.48. The summed E-state index contributed by atoms with van der Waals surface area (Å²) in [5, 5.41) is 1.32. The monoisotopic (exact) mass is 429 g/mol. The van der Waals surface area contributed by atoms with Crippen LogP contribution in [0.4, 0.5) is 0 Å². The summed E-state index contributed by atoms with van der Waals surface area (Å²) in [5.41, 5.74) is 8.47.